The van der Waals surface area contributed by atoms with E-state index >= 15 is 8.78 Å². The zero-order valence-corrected chi connectivity index (χ0v) is 32.6. The van der Waals surface area contributed by atoms with Crippen LogP contribution in [-0.2, 0) is 38.5 Å². The van der Waals surface area contributed by atoms with E-state index in [0.717, 1.165) is 41.0 Å². The lowest BCUT2D eigenvalue weighted by Crippen LogP contribution is -2.54. The summed E-state index contributed by atoms with van der Waals surface area (Å²) in [5.74, 6) is -1.70. The number of imide groups is 2. The monoisotopic (exact) mass is 818 g/mol. The van der Waals surface area contributed by atoms with Crippen LogP contribution in [0.25, 0.3) is 16.8 Å². The first-order valence-electron chi connectivity index (χ1n) is 20.2. The van der Waals surface area contributed by atoms with Crippen LogP contribution in [0.5, 0.6) is 0 Å². The Kier molecular flexibility index (Phi) is 9.18. The molecule has 2 N–H and O–H groups in total. The van der Waals surface area contributed by atoms with Gasteiger partial charge in [0.2, 0.25) is 17.7 Å². The number of nitrogens with one attached hydrogen (secondary N) is 2. The number of hydrogen-bond donors (Lipinski definition) is 2. The summed E-state index contributed by atoms with van der Waals surface area (Å²) < 4.78 is 39.5. The molecule has 2 fully saturated rings. The van der Waals surface area contributed by atoms with E-state index in [1.165, 1.54) is 29.0 Å². The Balaban J connectivity index is 0.945. The van der Waals surface area contributed by atoms with Crippen LogP contribution in [0.3, 0.4) is 0 Å². The molecule has 0 spiro atoms. The fourth-order valence-electron chi connectivity index (χ4n) is 9.25. The van der Waals surface area contributed by atoms with Crippen molar-refractivity contribution in [2.45, 2.75) is 76.9 Å². The quantitative estimate of drug-likeness (QED) is 0.211. The second-order valence-electron chi connectivity index (χ2n) is 15.9. The average Bonchev–Trinajstić information content (AvgIpc) is 3.91. The van der Waals surface area contributed by atoms with Crippen LogP contribution in [-0.4, -0.2) is 96.1 Å². The third-order valence-electron chi connectivity index (χ3n) is 12.3. The normalized spacial score (nSPS) is 19.5. The zero-order chi connectivity index (χ0) is 41.4. The Bertz CT molecular complexity index is 2650. The number of halogens is 2. The van der Waals surface area contributed by atoms with E-state index in [1.54, 1.807) is 25.3 Å². The lowest BCUT2D eigenvalue weighted by Gasteiger charge is -2.33. The highest BCUT2D eigenvalue weighted by molar-refractivity contribution is 6.23. The Morgan fingerprint density at radius 3 is 2.55 bits per heavy atom. The second kappa shape index (κ2) is 14.6. The van der Waals surface area contributed by atoms with Crippen molar-refractivity contribution in [1.29, 1.82) is 0 Å². The van der Waals surface area contributed by atoms with Gasteiger partial charge in [-0.05, 0) is 73.6 Å². The molecule has 5 aliphatic rings. The van der Waals surface area contributed by atoms with E-state index in [2.05, 4.69) is 30.3 Å². The zero-order valence-electron chi connectivity index (χ0n) is 32.6. The minimum absolute atomic E-state index is 0.0164. The number of hydrogen-bond acceptors (Lipinski definition) is 11. The van der Waals surface area contributed by atoms with Crippen molar-refractivity contribution in [3.05, 3.63) is 82.4 Å². The van der Waals surface area contributed by atoms with E-state index in [0.29, 0.717) is 85.3 Å². The van der Waals surface area contributed by atoms with Gasteiger partial charge in [-0.25, -0.2) is 18.3 Å². The van der Waals surface area contributed by atoms with Crippen LogP contribution in [0, 0.1) is 0 Å². The van der Waals surface area contributed by atoms with Gasteiger partial charge in [-0.15, -0.1) is 0 Å². The number of aromatic nitrogens is 5. The third kappa shape index (κ3) is 6.27. The molecule has 5 amide bonds. The molecule has 5 aliphatic heterocycles. The SMILES string of the molecule is CC(=O)N1CCc2c(c(N3CCCc4cc(-c5cnc6c(Nc7ccc8c(c7)C(=O)N(C7CCC(=O)NC7=O)C8=O)cnn6c5)c(C(F)F)cc43)nn2C2CCOCC2)C1. The van der Waals surface area contributed by atoms with Gasteiger partial charge < -0.3 is 19.9 Å². The highest BCUT2D eigenvalue weighted by atomic mass is 19.3. The van der Waals surface area contributed by atoms with Crippen molar-refractivity contribution in [2.75, 3.05) is 36.5 Å². The van der Waals surface area contributed by atoms with Gasteiger partial charge in [0, 0.05) is 92.2 Å². The first kappa shape index (κ1) is 37.7. The summed E-state index contributed by atoms with van der Waals surface area (Å²) in [5.41, 5.74) is 5.81. The maximum absolute atomic E-state index is 15.1. The van der Waals surface area contributed by atoms with Crippen molar-refractivity contribution < 1.29 is 37.5 Å². The largest absolute Gasteiger partial charge is 0.381 e. The van der Waals surface area contributed by atoms with E-state index in [-0.39, 0.29) is 41.5 Å². The van der Waals surface area contributed by atoms with Crippen LogP contribution < -0.4 is 15.5 Å². The maximum Gasteiger partial charge on any atom is 0.264 e. The number of ether oxygens (including phenoxy) is 1. The average molecular weight is 819 g/mol. The molecule has 1 atom stereocenters. The molecule has 18 heteroatoms. The Morgan fingerprint density at radius 2 is 1.77 bits per heavy atom. The van der Waals surface area contributed by atoms with Crippen LogP contribution >= 0.6 is 0 Å². The van der Waals surface area contributed by atoms with Crippen molar-refractivity contribution in [2.24, 2.45) is 0 Å². The Labute approximate surface area is 341 Å². The Morgan fingerprint density at radius 1 is 0.950 bits per heavy atom. The van der Waals surface area contributed by atoms with Crippen molar-refractivity contribution in [3.8, 4) is 11.1 Å². The maximum atomic E-state index is 15.1. The Hall–Kier alpha value is -6.56. The molecule has 0 bridgehead atoms. The van der Waals surface area contributed by atoms with Crippen molar-refractivity contribution >= 4 is 58.1 Å². The van der Waals surface area contributed by atoms with Gasteiger partial charge in [0.1, 0.15) is 11.7 Å². The van der Waals surface area contributed by atoms with E-state index < -0.39 is 36.1 Å². The number of fused-ring (bicyclic) bond motifs is 4. The summed E-state index contributed by atoms with van der Waals surface area (Å²) in [6.45, 7) is 4.46. The number of alkyl halides is 2. The van der Waals surface area contributed by atoms with Crippen LogP contribution in [0.1, 0.15) is 94.6 Å². The second-order valence-corrected chi connectivity index (χ2v) is 15.9. The molecule has 3 aromatic heterocycles. The molecular weight excluding hydrogens is 779 g/mol. The molecule has 16 nitrogen and oxygen atoms in total. The van der Waals surface area contributed by atoms with Gasteiger partial charge in [0.05, 0.1) is 29.9 Å². The first-order valence-corrected chi connectivity index (χ1v) is 20.2. The van der Waals surface area contributed by atoms with E-state index in [4.69, 9.17) is 9.84 Å². The van der Waals surface area contributed by atoms with Crippen molar-refractivity contribution in [3.63, 3.8) is 0 Å². The van der Waals surface area contributed by atoms with E-state index in [9.17, 15) is 24.0 Å². The van der Waals surface area contributed by atoms with E-state index in [1.807, 2.05) is 11.0 Å². The summed E-state index contributed by atoms with van der Waals surface area (Å²) in [5, 5.41) is 15.0. The molecule has 1 unspecified atom stereocenters. The first-order chi connectivity index (χ1) is 29.0. The molecule has 0 radical (unpaired) electrons. The number of carbonyl (C=O) groups is 5. The van der Waals surface area contributed by atoms with Crippen LogP contribution in [0.2, 0.25) is 0 Å². The standard InChI is InChI=1S/C42H40F2N10O6/c1-22(55)50-12-8-33-31(21-50)38(49-54(33)26-9-13-60-14-10-26)51-11-2-3-23-15-28(29(37(43)44)17-35(23)51)24-18-45-39-32(19-46-52(39)20-24)47-25-4-5-27-30(16-25)42(59)53(41(27)58)34-6-7-36(56)48-40(34)57/h4-5,15-20,26,34,37,47H,2-3,6-14,21H2,1H3,(H,48,56,57). The van der Waals surface area contributed by atoms with Gasteiger partial charge in [-0.3, -0.25) is 38.9 Å². The number of amides is 5. The van der Waals surface area contributed by atoms with Gasteiger partial charge in [0.15, 0.2) is 11.5 Å². The predicted octanol–water partition coefficient (Wildman–Crippen LogP) is 5.02. The molecule has 60 heavy (non-hydrogen) atoms. The number of rotatable bonds is 7. The van der Waals surface area contributed by atoms with Crippen molar-refractivity contribution in [1.82, 2.24) is 39.5 Å². The minimum Gasteiger partial charge on any atom is -0.381 e. The highest BCUT2D eigenvalue weighted by Gasteiger charge is 2.45. The number of carbonyl (C=O) groups excluding carboxylic acids is 5. The molecular formula is C42H40F2N10O6. The van der Waals surface area contributed by atoms with Gasteiger partial charge in [0.25, 0.3) is 18.2 Å². The lowest BCUT2D eigenvalue weighted by atomic mass is 9.92. The molecule has 8 heterocycles. The summed E-state index contributed by atoms with van der Waals surface area (Å²) in [6, 6.07) is 7.09. The van der Waals surface area contributed by atoms with Crippen LogP contribution in [0.15, 0.2) is 48.9 Å². The lowest BCUT2D eigenvalue weighted by molar-refractivity contribution is -0.136. The van der Waals surface area contributed by atoms with Crippen LogP contribution in [0.4, 0.5) is 31.7 Å². The fraction of sp³-hybridized carbons (Fsp3) is 0.381. The molecule has 0 saturated carbocycles. The molecule has 2 aromatic carbocycles. The topological polar surface area (TPSA) is 176 Å². The summed E-state index contributed by atoms with van der Waals surface area (Å²) >= 11 is 0. The molecule has 2 saturated heterocycles. The number of nitrogens with zero attached hydrogens (tertiary/aromatic N) is 8. The van der Waals surface area contributed by atoms with Gasteiger partial charge in [-0.1, -0.05) is 0 Å². The molecule has 10 rings (SSSR count). The number of piperidine rings is 1. The smallest absolute Gasteiger partial charge is 0.264 e. The number of anilines is 4. The number of benzene rings is 2. The number of aryl methyl sites for hydroxylation is 1. The molecule has 308 valence electrons. The molecule has 5 aromatic rings. The fourth-order valence-corrected chi connectivity index (χ4v) is 9.25. The predicted molar refractivity (Wildman–Crippen MR) is 211 cm³/mol. The van der Waals surface area contributed by atoms with Gasteiger partial charge in [-0.2, -0.15) is 10.2 Å². The summed E-state index contributed by atoms with van der Waals surface area (Å²) in [4.78, 5) is 72.6. The minimum atomic E-state index is -2.80. The summed E-state index contributed by atoms with van der Waals surface area (Å²) in [7, 11) is 0. The third-order valence-corrected chi connectivity index (χ3v) is 12.3. The highest BCUT2D eigenvalue weighted by Crippen LogP contribution is 2.44. The molecule has 0 aliphatic carbocycles. The van der Waals surface area contributed by atoms with Gasteiger partial charge >= 0.3 is 0 Å². The summed E-state index contributed by atoms with van der Waals surface area (Å²) in [6.07, 6.45) is 5.74.